The summed E-state index contributed by atoms with van der Waals surface area (Å²) in [5, 5.41) is 0. The number of sulfonamides is 1. The van der Waals surface area contributed by atoms with Crippen molar-refractivity contribution < 1.29 is 22.7 Å². The largest absolute Gasteiger partial charge is 0.454 e. The van der Waals surface area contributed by atoms with Crippen LogP contribution in [0.5, 0.6) is 11.5 Å². The molecule has 7 nitrogen and oxygen atoms in total. The maximum absolute atomic E-state index is 12.6. The number of likely N-dealkylation sites (tertiary alicyclic amines) is 1. The zero-order chi connectivity index (χ0) is 17.4. The maximum atomic E-state index is 12.6. The Labute approximate surface area is 149 Å². The van der Waals surface area contributed by atoms with Crippen molar-refractivity contribution in [1.82, 2.24) is 4.90 Å². The summed E-state index contributed by atoms with van der Waals surface area (Å²) in [7, 11) is -3.77. The van der Waals surface area contributed by atoms with Gasteiger partial charge in [0.25, 0.3) is 15.9 Å². The van der Waals surface area contributed by atoms with E-state index in [0.29, 0.717) is 22.1 Å². The minimum absolute atomic E-state index is 0.104. The number of carbonyl (C=O) groups is 1. The highest BCUT2D eigenvalue weighted by molar-refractivity contribution is 7.94. The lowest BCUT2D eigenvalue weighted by Gasteiger charge is -2.13. The average molecular weight is 380 g/mol. The molecule has 1 aromatic carbocycles. The van der Waals surface area contributed by atoms with Crippen LogP contribution in [-0.4, -0.2) is 39.1 Å². The second kappa shape index (κ2) is 6.23. The van der Waals surface area contributed by atoms with Crippen molar-refractivity contribution in [2.75, 3.05) is 24.6 Å². The van der Waals surface area contributed by atoms with Crippen molar-refractivity contribution in [3.63, 3.8) is 0 Å². The molecule has 0 aliphatic carbocycles. The summed E-state index contributed by atoms with van der Waals surface area (Å²) in [5.41, 5.74) is 0.380. The molecule has 0 atom stereocenters. The van der Waals surface area contributed by atoms with E-state index in [9.17, 15) is 13.2 Å². The molecule has 1 saturated heterocycles. The predicted molar refractivity (Wildman–Crippen MR) is 92.8 cm³/mol. The summed E-state index contributed by atoms with van der Waals surface area (Å²) < 4.78 is 38.2. The van der Waals surface area contributed by atoms with Gasteiger partial charge in [-0.3, -0.25) is 9.52 Å². The molecule has 2 aliphatic heterocycles. The highest BCUT2D eigenvalue weighted by Gasteiger charge is 2.24. The lowest BCUT2D eigenvalue weighted by molar-refractivity contribution is 0.0797. The van der Waals surface area contributed by atoms with E-state index in [0.717, 1.165) is 37.3 Å². The van der Waals surface area contributed by atoms with E-state index < -0.39 is 10.0 Å². The number of hydrogen-bond donors (Lipinski definition) is 1. The van der Waals surface area contributed by atoms with Gasteiger partial charge in [0.2, 0.25) is 6.79 Å². The summed E-state index contributed by atoms with van der Waals surface area (Å²) >= 11 is 0.982. The fraction of sp³-hybridized carbons (Fsp3) is 0.312. The molecule has 9 heteroatoms. The number of carbonyl (C=O) groups excluding carboxylic acids is 1. The minimum Gasteiger partial charge on any atom is -0.454 e. The number of ether oxygens (including phenoxy) is 2. The van der Waals surface area contributed by atoms with Crippen LogP contribution < -0.4 is 14.2 Å². The molecule has 3 heterocycles. The molecule has 0 bridgehead atoms. The number of benzene rings is 1. The van der Waals surface area contributed by atoms with Crippen molar-refractivity contribution in [3.8, 4) is 11.5 Å². The first-order chi connectivity index (χ1) is 12.0. The molecule has 1 aromatic heterocycles. The zero-order valence-corrected chi connectivity index (χ0v) is 14.9. The van der Waals surface area contributed by atoms with Crippen LogP contribution >= 0.6 is 11.3 Å². The SMILES string of the molecule is O=C(c1ccc(S(=O)(=O)Nc2ccc3c(c2)OCO3)s1)N1CCCC1. The highest BCUT2D eigenvalue weighted by Crippen LogP contribution is 2.35. The van der Waals surface area contributed by atoms with Crippen molar-refractivity contribution >= 4 is 33.0 Å². The third-order valence-corrected chi connectivity index (χ3v) is 7.02. The smallest absolute Gasteiger partial charge is 0.271 e. The molecule has 0 spiro atoms. The first-order valence-electron chi connectivity index (χ1n) is 7.84. The Morgan fingerprint density at radius 2 is 1.84 bits per heavy atom. The van der Waals surface area contributed by atoms with Crippen LogP contribution in [0.25, 0.3) is 0 Å². The van der Waals surface area contributed by atoms with Crippen LogP contribution in [0.15, 0.2) is 34.5 Å². The van der Waals surface area contributed by atoms with Crippen molar-refractivity contribution in [1.29, 1.82) is 0 Å². The first-order valence-corrected chi connectivity index (χ1v) is 10.1. The van der Waals surface area contributed by atoms with Crippen molar-refractivity contribution in [2.45, 2.75) is 17.1 Å². The average Bonchev–Trinajstić information content (AvgIpc) is 3.33. The highest BCUT2D eigenvalue weighted by atomic mass is 32.2. The second-order valence-corrected chi connectivity index (χ2v) is 8.78. The molecular formula is C16H16N2O5S2. The van der Waals surface area contributed by atoms with Crippen LogP contribution in [0.3, 0.4) is 0 Å². The van der Waals surface area contributed by atoms with Gasteiger partial charge in [-0.05, 0) is 37.1 Å². The standard InChI is InChI=1S/C16H16N2O5S2/c19-16(18-7-1-2-8-18)14-5-6-15(24-14)25(20,21)17-11-3-4-12-13(9-11)23-10-22-12/h3-6,9,17H,1-2,7-8,10H2. The van der Waals surface area contributed by atoms with Crippen LogP contribution in [-0.2, 0) is 10.0 Å². The van der Waals surface area contributed by atoms with E-state index in [-0.39, 0.29) is 16.9 Å². The Kier molecular flexibility index (Phi) is 4.04. The second-order valence-electron chi connectivity index (χ2n) is 5.79. The van der Waals surface area contributed by atoms with Gasteiger partial charge < -0.3 is 14.4 Å². The van der Waals surface area contributed by atoms with E-state index in [1.807, 2.05) is 0 Å². The van der Waals surface area contributed by atoms with Gasteiger partial charge >= 0.3 is 0 Å². The van der Waals surface area contributed by atoms with Crippen LogP contribution in [0.1, 0.15) is 22.5 Å². The van der Waals surface area contributed by atoms with Crippen LogP contribution in [0, 0.1) is 0 Å². The number of amides is 1. The Morgan fingerprint density at radius 3 is 2.64 bits per heavy atom. The van der Waals surface area contributed by atoms with E-state index in [1.54, 1.807) is 29.2 Å². The van der Waals surface area contributed by atoms with Gasteiger partial charge in [0.15, 0.2) is 11.5 Å². The molecule has 1 amide bonds. The number of fused-ring (bicyclic) bond motifs is 1. The fourth-order valence-corrected chi connectivity index (χ4v) is 5.14. The molecular weight excluding hydrogens is 364 g/mol. The normalized spacial score (nSPS) is 16.2. The molecule has 0 unspecified atom stereocenters. The number of rotatable bonds is 4. The third kappa shape index (κ3) is 3.16. The summed E-state index contributed by atoms with van der Waals surface area (Å²) in [5.74, 6) is 0.973. The maximum Gasteiger partial charge on any atom is 0.271 e. The van der Waals surface area contributed by atoms with Gasteiger partial charge in [-0.2, -0.15) is 0 Å². The minimum atomic E-state index is -3.77. The molecule has 0 radical (unpaired) electrons. The third-order valence-electron chi connectivity index (χ3n) is 4.08. The Hall–Kier alpha value is -2.26. The number of anilines is 1. The zero-order valence-electron chi connectivity index (χ0n) is 13.2. The van der Waals surface area contributed by atoms with E-state index in [1.165, 1.54) is 6.07 Å². The van der Waals surface area contributed by atoms with Gasteiger partial charge in [0.05, 0.1) is 10.6 Å². The molecule has 132 valence electrons. The molecule has 25 heavy (non-hydrogen) atoms. The van der Waals surface area contributed by atoms with Crippen LogP contribution in [0.4, 0.5) is 5.69 Å². The number of hydrogen-bond acceptors (Lipinski definition) is 6. The van der Waals surface area contributed by atoms with Crippen molar-refractivity contribution in [2.24, 2.45) is 0 Å². The molecule has 4 rings (SSSR count). The Morgan fingerprint density at radius 1 is 1.08 bits per heavy atom. The molecule has 2 aliphatic rings. The quantitative estimate of drug-likeness (QED) is 0.881. The topological polar surface area (TPSA) is 84.9 Å². The van der Waals surface area contributed by atoms with Crippen molar-refractivity contribution in [3.05, 3.63) is 35.2 Å². The fourth-order valence-electron chi connectivity index (χ4n) is 2.82. The van der Waals surface area contributed by atoms with E-state index in [4.69, 9.17) is 9.47 Å². The molecule has 1 fully saturated rings. The molecule has 2 aromatic rings. The Balaban J connectivity index is 1.53. The first kappa shape index (κ1) is 16.2. The molecule has 1 N–H and O–H groups in total. The molecule has 0 saturated carbocycles. The Bertz CT molecular complexity index is 916. The summed E-state index contributed by atoms with van der Waals surface area (Å²) in [6.45, 7) is 1.58. The lowest BCUT2D eigenvalue weighted by atomic mass is 10.3. The summed E-state index contributed by atoms with van der Waals surface area (Å²) in [6.07, 6.45) is 1.99. The summed E-state index contributed by atoms with van der Waals surface area (Å²) in [4.78, 5) is 14.6. The number of thiophene rings is 1. The summed E-state index contributed by atoms with van der Waals surface area (Å²) in [6, 6.07) is 7.86. The number of nitrogens with one attached hydrogen (secondary N) is 1. The lowest BCUT2D eigenvalue weighted by Crippen LogP contribution is -2.26. The van der Waals surface area contributed by atoms with E-state index >= 15 is 0 Å². The van der Waals surface area contributed by atoms with Gasteiger partial charge in [-0.25, -0.2) is 8.42 Å². The number of nitrogens with zero attached hydrogens (tertiary/aromatic N) is 1. The monoisotopic (exact) mass is 380 g/mol. The predicted octanol–water partition coefficient (Wildman–Crippen LogP) is 2.51. The van der Waals surface area contributed by atoms with Gasteiger partial charge in [-0.15, -0.1) is 11.3 Å². The van der Waals surface area contributed by atoms with Crippen LogP contribution in [0.2, 0.25) is 0 Å². The van der Waals surface area contributed by atoms with Gasteiger partial charge in [0, 0.05) is 19.2 Å². The van der Waals surface area contributed by atoms with E-state index in [2.05, 4.69) is 4.72 Å². The van der Waals surface area contributed by atoms with Gasteiger partial charge in [0.1, 0.15) is 4.21 Å². The van der Waals surface area contributed by atoms with Gasteiger partial charge in [-0.1, -0.05) is 0 Å².